The van der Waals surface area contributed by atoms with Gasteiger partial charge in [0.1, 0.15) is 0 Å². The topological polar surface area (TPSA) is 58.4 Å². The molecule has 2 bridgehead atoms. The number of rotatable bonds is 2. The van der Waals surface area contributed by atoms with E-state index in [4.69, 9.17) is 0 Å². The maximum Gasteiger partial charge on any atom is 0.188 e. The van der Waals surface area contributed by atoms with E-state index in [2.05, 4.69) is 15.1 Å². The van der Waals surface area contributed by atoms with Crippen LogP contribution in [-0.2, 0) is 0 Å². The van der Waals surface area contributed by atoms with Crippen molar-refractivity contribution in [2.24, 2.45) is 17.0 Å². The van der Waals surface area contributed by atoms with Gasteiger partial charge in [0, 0.05) is 17.3 Å². The first kappa shape index (κ1) is 12.0. The Morgan fingerprint density at radius 1 is 1.28 bits per heavy atom. The summed E-state index contributed by atoms with van der Waals surface area (Å²) >= 11 is 1.66. The van der Waals surface area contributed by atoms with E-state index >= 15 is 0 Å². The van der Waals surface area contributed by atoms with Crippen LogP contribution in [0.1, 0.15) is 30.7 Å². The summed E-state index contributed by atoms with van der Waals surface area (Å²) in [5, 5.41) is 13.8. The van der Waals surface area contributed by atoms with Gasteiger partial charge in [-0.3, -0.25) is 0 Å². The number of hydrogen-bond acceptors (Lipinski definition) is 5. The Balaban J connectivity index is 1.84. The maximum absolute atomic E-state index is 9.18. The number of nitrogens with zero attached hydrogens (tertiary/aromatic N) is 3. The van der Waals surface area contributed by atoms with Gasteiger partial charge in [-0.25, -0.2) is 9.97 Å². The average Bonchev–Trinajstić information content (AvgIpc) is 2.88. The second-order valence-electron chi connectivity index (χ2n) is 5.27. The largest absolute Gasteiger partial charge is 0.411 e. The van der Waals surface area contributed by atoms with E-state index in [9.17, 15) is 5.21 Å². The van der Waals surface area contributed by atoms with Crippen molar-refractivity contribution in [3.05, 3.63) is 17.5 Å². The Hall–Kier alpha value is -1.10. The average molecular weight is 263 g/mol. The van der Waals surface area contributed by atoms with E-state index < -0.39 is 0 Å². The smallest absolute Gasteiger partial charge is 0.188 e. The molecule has 96 valence electrons. The highest BCUT2D eigenvalue weighted by atomic mass is 32.2. The summed E-state index contributed by atoms with van der Waals surface area (Å²) < 4.78 is 0. The van der Waals surface area contributed by atoms with Crippen molar-refractivity contribution in [2.45, 2.75) is 43.5 Å². The molecule has 0 aromatic carbocycles. The summed E-state index contributed by atoms with van der Waals surface area (Å²) in [6.07, 6.45) is 3.59. The fourth-order valence-electron chi connectivity index (χ4n) is 3.19. The lowest BCUT2D eigenvalue weighted by Gasteiger charge is -2.21. The summed E-state index contributed by atoms with van der Waals surface area (Å²) in [6, 6.07) is 1.98. The lowest BCUT2D eigenvalue weighted by atomic mass is 9.98. The normalized spacial score (nSPS) is 32.3. The first-order chi connectivity index (χ1) is 8.67. The molecule has 5 heteroatoms. The number of aryl methyl sites for hydroxylation is 2. The van der Waals surface area contributed by atoms with Crippen LogP contribution in [0, 0.1) is 25.7 Å². The number of thioether (sulfide) groups is 1. The summed E-state index contributed by atoms with van der Waals surface area (Å²) in [5.74, 6) is 1.12. The minimum atomic E-state index is 0.273. The monoisotopic (exact) mass is 263 g/mol. The van der Waals surface area contributed by atoms with Gasteiger partial charge in [0.05, 0.1) is 11.0 Å². The molecule has 1 aromatic rings. The van der Waals surface area contributed by atoms with Gasteiger partial charge in [0.15, 0.2) is 5.16 Å². The lowest BCUT2D eigenvalue weighted by Crippen LogP contribution is -2.25. The van der Waals surface area contributed by atoms with Gasteiger partial charge < -0.3 is 5.21 Å². The Morgan fingerprint density at radius 2 is 2.00 bits per heavy atom. The molecule has 4 nitrogen and oxygen atoms in total. The second kappa shape index (κ2) is 4.53. The molecule has 2 saturated carbocycles. The van der Waals surface area contributed by atoms with Crippen LogP contribution in [-0.4, -0.2) is 26.1 Å². The number of aromatic nitrogens is 2. The van der Waals surface area contributed by atoms with Crippen molar-refractivity contribution in [1.82, 2.24) is 9.97 Å². The van der Waals surface area contributed by atoms with E-state index in [1.54, 1.807) is 11.8 Å². The molecule has 2 aliphatic rings. The Bertz CT molecular complexity index is 483. The first-order valence-electron chi connectivity index (χ1n) is 6.38. The standard InChI is InChI=1S/C13H17N3OS/c1-7-5-8(2)15-13(14-7)18-12-10-4-3-9(6-10)11(12)16-17/h5,9-10,12,17H,3-4,6H2,1-2H3/b16-11+/t9-,10-,12+/m0/s1. The van der Waals surface area contributed by atoms with Crippen molar-refractivity contribution in [1.29, 1.82) is 0 Å². The molecule has 0 saturated heterocycles. The van der Waals surface area contributed by atoms with E-state index in [1.807, 2.05) is 19.9 Å². The van der Waals surface area contributed by atoms with Crippen LogP contribution in [0.3, 0.4) is 0 Å². The van der Waals surface area contributed by atoms with Crippen LogP contribution >= 0.6 is 11.8 Å². The quantitative estimate of drug-likeness (QED) is 0.506. The van der Waals surface area contributed by atoms with Crippen molar-refractivity contribution >= 4 is 17.5 Å². The van der Waals surface area contributed by atoms with Crippen LogP contribution in [0.2, 0.25) is 0 Å². The Kier molecular flexibility index (Phi) is 3.01. The van der Waals surface area contributed by atoms with E-state index in [0.717, 1.165) is 22.3 Å². The third kappa shape index (κ3) is 2.00. The fourth-order valence-corrected chi connectivity index (χ4v) is 4.61. The number of fused-ring (bicyclic) bond motifs is 2. The molecule has 1 aromatic heterocycles. The number of hydrogen-bond donors (Lipinski definition) is 1. The van der Waals surface area contributed by atoms with Crippen LogP contribution < -0.4 is 0 Å². The van der Waals surface area contributed by atoms with Gasteiger partial charge in [-0.2, -0.15) is 0 Å². The summed E-state index contributed by atoms with van der Waals surface area (Å²) in [6.45, 7) is 3.97. The molecule has 2 fully saturated rings. The van der Waals surface area contributed by atoms with E-state index in [1.165, 1.54) is 19.3 Å². The highest BCUT2D eigenvalue weighted by molar-refractivity contribution is 8.00. The molecule has 0 radical (unpaired) electrons. The van der Waals surface area contributed by atoms with Crippen molar-refractivity contribution < 1.29 is 5.21 Å². The molecule has 3 atom stereocenters. The van der Waals surface area contributed by atoms with Crippen molar-refractivity contribution in [3.8, 4) is 0 Å². The summed E-state index contributed by atoms with van der Waals surface area (Å²) in [5.41, 5.74) is 2.95. The van der Waals surface area contributed by atoms with Crippen LogP contribution in [0.5, 0.6) is 0 Å². The van der Waals surface area contributed by atoms with Gasteiger partial charge in [-0.1, -0.05) is 16.9 Å². The van der Waals surface area contributed by atoms with Gasteiger partial charge in [-0.15, -0.1) is 0 Å². The molecule has 3 rings (SSSR count). The van der Waals surface area contributed by atoms with Crippen LogP contribution in [0.4, 0.5) is 0 Å². The highest BCUT2D eigenvalue weighted by Crippen LogP contribution is 2.48. The number of oxime groups is 1. The zero-order valence-corrected chi connectivity index (χ0v) is 11.4. The third-order valence-electron chi connectivity index (χ3n) is 3.92. The third-order valence-corrected chi connectivity index (χ3v) is 5.19. The fraction of sp³-hybridized carbons (Fsp3) is 0.615. The molecule has 0 aliphatic heterocycles. The molecule has 1 heterocycles. The SMILES string of the molecule is Cc1cc(C)nc(S[C@H]2/C(=N/O)[C@H]3CC[C@H]2C3)n1. The summed E-state index contributed by atoms with van der Waals surface area (Å²) in [4.78, 5) is 8.93. The molecule has 2 aliphatic carbocycles. The lowest BCUT2D eigenvalue weighted by molar-refractivity contribution is 0.314. The zero-order chi connectivity index (χ0) is 12.7. The molecule has 0 unspecified atom stereocenters. The zero-order valence-electron chi connectivity index (χ0n) is 10.6. The Labute approximate surface area is 111 Å². The van der Waals surface area contributed by atoms with Gasteiger partial charge in [-0.05, 0) is 45.1 Å². The molecular weight excluding hydrogens is 246 g/mol. The minimum Gasteiger partial charge on any atom is -0.411 e. The Morgan fingerprint density at radius 3 is 2.67 bits per heavy atom. The molecular formula is C13H17N3OS. The van der Waals surface area contributed by atoms with Crippen LogP contribution in [0.15, 0.2) is 16.4 Å². The van der Waals surface area contributed by atoms with Crippen LogP contribution in [0.25, 0.3) is 0 Å². The van der Waals surface area contributed by atoms with Crippen molar-refractivity contribution in [3.63, 3.8) is 0 Å². The highest BCUT2D eigenvalue weighted by Gasteiger charge is 2.46. The van der Waals surface area contributed by atoms with Gasteiger partial charge in [0.2, 0.25) is 0 Å². The maximum atomic E-state index is 9.18. The molecule has 1 N–H and O–H groups in total. The van der Waals surface area contributed by atoms with Gasteiger partial charge >= 0.3 is 0 Å². The van der Waals surface area contributed by atoms with E-state index in [0.29, 0.717) is 11.8 Å². The predicted octanol–water partition coefficient (Wildman–Crippen LogP) is 2.81. The van der Waals surface area contributed by atoms with Crippen molar-refractivity contribution in [2.75, 3.05) is 0 Å². The molecule has 0 amide bonds. The van der Waals surface area contributed by atoms with E-state index in [-0.39, 0.29) is 5.25 Å². The minimum absolute atomic E-state index is 0.273. The second-order valence-corrected chi connectivity index (χ2v) is 6.38. The summed E-state index contributed by atoms with van der Waals surface area (Å²) in [7, 11) is 0. The van der Waals surface area contributed by atoms with Gasteiger partial charge in [0.25, 0.3) is 0 Å². The molecule has 0 spiro atoms. The first-order valence-corrected chi connectivity index (χ1v) is 7.26. The predicted molar refractivity (Wildman–Crippen MR) is 71.2 cm³/mol. The molecule has 18 heavy (non-hydrogen) atoms.